The third-order valence-electron chi connectivity index (χ3n) is 10.6. The van der Waals surface area contributed by atoms with Crippen LogP contribution in [0.2, 0.25) is 0 Å². The Balaban J connectivity index is 1.32. The quantitative estimate of drug-likeness (QED) is 0.161. The Morgan fingerprint density at radius 3 is 1.44 bits per heavy atom. The Kier molecular flexibility index (Phi) is 7.25. The molecule has 0 unspecified atom stereocenters. The first-order chi connectivity index (χ1) is 25.8. The topological polar surface area (TPSA) is 0 Å². The van der Waals surface area contributed by atoms with E-state index in [9.17, 15) is 0 Å². The van der Waals surface area contributed by atoms with Crippen LogP contribution < -0.4 is 0 Å². The van der Waals surface area contributed by atoms with Crippen molar-refractivity contribution in [3.63, 3.8) is 0 Å². The third-order valence-corrected chi connectivity index (χ3v) is 10.6. The lowest BCUT2D eigenvalue weighted by Gasteiger charge is -2.21. The first-order valence-electron chi connectivity index (χ1n) is 18.0. The summed E-state index contributed by atoms with van der Waals surface area (Å²) in [7, 11) is 0. The van der Waals surface area contributed by atoms with Crippen molar-refractivity contribution in [1.82, 2.24) is 0 Å². The minimum absolute atomic E-state index is 1.21. The smallest absolute Gasteiger partial charge is 0.00199 e. The van der Waals surface area contributed by atoms with Gasteiger partial charge in [0.15, 0.2) is 0 Å². The minimum atomic E-state index is 1.21. The number of hydrogen-bond acceptors (Lipinski definition) is 0. The van der Waals surface area contributed by atoms with Gasteiger partial charge in [0.2, 0.25) is 0 Å². The zero-order valence-corrected chi connectivity index (χ0v) is 28.6. The molecule has 0 aliphatic carbocycles. The van der Waals surface area contributed by atoms with E-state index in [2.05, 4.69) is 206 Å². The Morgan fingerprint density at radius 2 is 0.692 bits per heavy atom. The Morgan fingerprint density at radius 1 is 0.192 bits per heavy atom. The zero-order valence-electron chi connectivity index (χ0n) is 28.6. The maximum Gasteiger partial charge on any atom is -0.00199 e. The molecule has 0 fully saturated rings. The highest BCUT2D eigenvalue weighted by Crippen LogP contribution is 2.47. The average molecular weight is 659 g/mol. The van der Waals surface area contributed by atoms with Gasteiger partial charge in [0, 0.05) is 0 Å². The van der Waals surface area contributed by atoms with E-state index in [-0.39, 0.29) is 0 Å². The van der Waals surface area contributed by atoms with Crippen molar-refractivity contribution in [2.75, 3.05) is 0 Å². The summed E-state index contributed by atoms with van der Waals surface area (Å²) in [5.74, 6) is 0. The van der Waals surface area contributed by atoms with Gasteiger partial charge < -0.3 is 0 Å². The van der Waals surface area contributed by atoms with E-state index < -0.39 is 0 Å². The molecule has 0 N–H and O–H groups in total. The van der Waals surface area contributed by atoms with Crippen LogP contribution in [0, 0.1) is 0 Å². The summed E-state index contributed by atoms with van der Waals surface area (Å²) in [4.78, 5) is 0. The second-order valence-corrected chi connectivity index (χ2v) is 13.7. The van der Waals surface area contributed by atoms with Gasteiger partial charge in [-0.05, 0) is 129 Å². The molecule has 10 rings (SSSR count). The number of hydrogen-bond donors (Lipinski definition) is 0. The van der Waals surface area contributed by atoms with Gasteiger partial charge in [-0.15, -0.1) is 0 Å². The molecule has 0 bridgehead atoms. The molecule has 0 aromatic heterocycles. The van der Waals surface area contributed by atoms with Gasteiger partial charge in [-0.25, -0.2) is 0 Å². The predicted molar refractivity (Wildman–Crippen MR) is 224 cm³/mol. The van der Waals surface area contributed by atoms with E-state index in [4.69, 9.17) is 0 Å². The van der Waals surface area contributed by atoms with Crippen LogP contribution in [0.5, 0.6) is 0 Å². The van der Waals surface area contributed by atoms with Gasteiger partial charge in [-0.3, -0.25) is 0 Å². The summed E-state index contributed by atoms with van der Waals surface area (Å²) in [5, 5.41) is 10.0. The van der Waals surface area contributed by atoms with Crippen LogP contribution in [-0.2, 0) is 0 Å². The first kappa shape index (κ1) is 30.1. The summed E-state index contributed by atoms with van der Waals surface area (Å²) in [5.41, 5.74) is 12.3. The van der Waals surface area contributed by atoms with Crippen LogP contribution >= 0.6 is 0 Å². The second kappa shape index (κ2) is 12.5. The highest BCUT2D eigenvalue weighted by atomic mass is 14.2. The maximum absolute atomic E-state index is 2.42. The molecule has 10 aromatic rings. The lowest BCUT2D eigenvalue weighted by molar-refractivity contribution is 1.59. The van der Waals surface area contributed by atoms with Gasteiger partial charge in [-0.1, -0.05) is 176 Å². The molecule has 0 radical (unpaired) electrons. The predicted octanol–water partition coefficient (Wildman–Crippen LogP) is 14.6. The van der Waals surface area contributed by atoms with Gasteiger partial charge in [0.25, 0.3) is 0 Å². The molecule has 242 valence electrons. The van der Waals surface area contributed by atoms with E-state index in [1.807, 2.05) is 0 Å². The van der Waals surface area contributed by atoms with Crippen LogP contribution in [0.1, 0.15) is 0 Å². The highest BCUT2D eigenvalue weighted by molar-refractivity contribution is 6.24. The lowest BCUT2D eigenvalue weighted by atomic mass is 9.82. The van der Waals surface area contributed by atoms with E-state index in [1.54, 1.807) is 0 Å². The highest BCUT2D eigenvalue weighted by Gasteiger charge is 2.20. The normalized spacial score (nSPS) is 11.5. The molecule has 0 saturated heterocycles. The molecule has 10 aromatic carbocycles. The van der Waals surface area contributed by atoms with E-state index in [1.165, 1.54) is 98.7 Å². The van der Waals surface area contributed by atoms with E-state index in [0.29, 0.717) is 0 Å². The summed E-state index contributed by atoms with van der Waals surface area (Å²) in [6, 6.07) is 75.7. The molecule has 52 heavy (non-hydrogen) atoms. The maximum atomic E-state index is 2.42. The second-order valence-electron chi connectivity index (χ2n) is 13.7. The van der Waals surface area contributed by atoms with Crippen molar-refractivity contribution in [1.29, 1.82) is 0 Å². The van der Waals surface area contributed by atoms with Crippen LogP contribution in [0.15, 0.2) is 206 Å². The fourth-order valence-corrected chi connectivity index (χ4v) is 8.14. The Labute approximate surface area is 303 Å². The standard InChI is InChI=1S/C52H34/c1-3-14-35(15-4-1)41-28-29-49-50(34-41)52(46-25-13-21-38-19-9-10-22-45(38)46)48-24-12-11-23-47(48)51(49)44-32-42(36-16-5-2-6-17-36)31-43(33-44)40-27-26-37-18-7-8-20-39(37)30-40/h1-34H. The van der Waals surface area contributed by atoms with Gasteiger partial charge in [0.05, 0.1) is 0 Å². The molecule has 0 spiro atoms. The van der Waals surface area contributed by atoms with Crippen molar-refractivity contribution < 1.29 is 0 Å². The minimum Gasteiger partial charge on any atom is -0.0622 e. The molecule has 0 nitrogen and oxygen atoms in total. The van der Waals surface area contributed by atoms with Gasteiger partial charge >= 0.3 is 0 Å². The number of rotatable bonds is 5. The molecular weight excluding hydrogens is 625 g/mol. The summed E-state index contributed by atoms with van der Waals surface area (Å²) < 4.78 is 0. The molecule has 0 aliphatic rings. The van der Waals surface area contributed by atoms with E-state index >= 15 is 0 Å². The Bertz CT molecular complexity index is 2930. The van der Waals surface area contributed by atoms with Crippen LogP contribution in [0.25, 0.3) is 98.7 Å². The van der Waals surface area contributed by atoms with Gasteiger partial charge in [-0.2, -0.15) is 0 Å². The molecule has 0 heteroatoms. The SMILES string of the molecule is c1ccc(-c2cc(-c3ccc4ccccc4c3)cc(-c3c4ccccc4c(-c4cccc5ccccc45)c4cc(-c5ccccc5)ccc34)c2)cc1. The molecule has 0 saturated carbocycles. The van der Waals surface area contributed by atoms with Crippen molar-refractivity contribution in [2.45, 2.75) is 0 Å². The van der Waals surface area contributed by atoms with Crippen LogP contribution in [-0.4, -0.2) is 0 Å². The molecule has 0 heterocycles. The van der Waals surface area contributed by atoms with Crippen molar-refractivity contribution in [3.05, 3.63) is 206 Å². The largest absolute Gasteiger partial charge is 0.0622 e. The van der Waals surface area contributed by atoms with Crippen molar-refractivity contribution in [2.24, 2.45) is 0 Å². The molecule has 0 aliphatic heterocycles. The zero-order chi connectivity index (χ0) is 34.4. The average Bonchev–Trinajstić information content (AvgIpc) is 3.22. The molecular formula is C52H34. The summed E-state index contributed by atoms with van der Waals surface area (Å²) in [6.07, 6.45) is 0. The van der Waals surface area contributed by atoms with Crippen LogP contribution in [0.4, 0.5) is 0 Å². The van der Waals surface area contributed by atoms with Crippen LogP contribution in [0.3, 0.4) is 0 Å². The fraction of sp³-hybridized carbons (Fsp3) is 0. The fourth-order valence-electron chi connectivity index (χ4n) is 8.14. The lowest BCUT2D eigenvalue weighted by Crippen LogP contribution is -1.93. The summed E-state index contributed by atoms with van der Waals surface area (Å²) in [6.45, 7) is 0. The van der Waals surface area contributed by atoms with Crippen molar-refractivity contribution in [3.8, 4) is 55.6 Å². The number of benzene rings is 10. The monoisotopic (exact) mass is 658 g/mol. The van der Waals surface area contributed by atoms with Crippen molar-refractivity contribution >= 4 is 43.1 Å². The van der Waals surface area contributed by atoms with Gasteiger partial charge in [0.1, 0.15) is 0 Å². The first-order valence-corrected chi connectivity index (χ1v) is 18.0. The van der Waals surface area contributed by atoms with E-state index in [0.717, 1.165) is 0 Å². The summed E-state index contributed by atoms with van der Waals surface area (Å²) >= 11 is 0. The molecule has 0 atom stereocenters. The molecule has 0 amide bonds. The number of fused-ring (bicyclic) bond motifs is 4. The third kappa shape index (κ3) is 5.16. The Hall–Kier alpha value is -6.76.